The van der Waals surface area contributed by atoms with Crippen LogP contribution in [0, 0.1) is 0 Å². The molecule has 0 saturated heterocycles. The lowest BCUT2D eigenvalue weighted by Crippen LogP contribution is -2.29. The predicted octanol–water partition coefficient (Wildman–Crippen LogP) is 0.941. The summed E-state index contributed by atoms with van der Waals surface area (Å²) in [6.07, 6.45) is 0.147. The van der Waals surface area contributed by atoms with Gasteiger partial charge in [-0.05, 0) is 0 Å². The van der Waals surface area contributed by atoms with Crippen LogP contribution in [0.5, 0.6) is 5.75 Å². The fourth-order valence-electron chi connectivity index (χ4n) is 1.48. The Hall–Kier alpha value is -1.55. The van der Waals surface area contributed by atoms with Crippen LogP contribution in [-0.2, 0) is 27.9 Å². The molecular formula is C9H7F3O6S. The highest BCUT2D eigenvalue weighted by atomic mass is 32.2. The van der Waals surface area contributed by atoms with Crippen molar-refractivity contribution in [2.45, 2.75) is 18.5 Å². The first-order chi connectivity index (χ1) is 8.71. The molecule has 106 valence electrons. The van der Waals surface area contributed by atoms with E-state index in [0.29, 0.717) is 6.07 Å². The topological polar surface area (TPSA) is 82.8 Å². The second-order valence-electron chi connectivity index (χ2n) is 3.62. The number of rotatable bonds is 2. The lowest BCUT2D eigenvalue weighted by Gasteiger charge is -2.18. The molecule has 1 aromatic heterocycles. The number of ether oxygens (including phenoxy) is 1. The van der Waals surface area contributed by atoms with Gasteiger partial charge in [-0.15, -0.1) is 0 Å². The van der Waals surface area contributed by atoms with E-state index in [4.69, 9.17) is 9.15 Å². The maximum atomic E-state index is 12.2. The Kier molecular flexibility index (Phi) is 3.31. The minimum absolute atomic E-state index is 0.0151. The van der Waals surface area contributed by atoms with Gasteiger partial charge in [-0.1, -0.05) is 0 Å². The Morgan fingerprint density at radius 1 is 1.32 bits per heavy atom. The third-order valence-electron chi connectivity index (χ3n) is 2.31. The van der Waals surface area contributed by atoms with Crippen molar-refractivity contribution in [1.82, 2.24) is 0 Å². The molecule has 2 heterocycles. The Morgan fingerprint density at radius 3 is 2.63 bits per heavy atom. The van der Waals surface area contributed by atoms with Gasteiger partial charge in [0, 0.05) is 6.42 Å². The van der Waals surface area contributed by atoms with Crippen LogP contribution >= 0.6 is 0 Å². The Labute approximate surface area is 104 Å². The highest BCUT2D eigenvalue weighted by Gasteiger charge is 2.49. The molecule has 1 aromatic rings. The molecule has 0 N–H and O–H groups in total. The van der Waals surface area contributed by atoms with Gasteiger partial charge in [-0.2, -0.15) is 21.6 Å². The monoisotopic (exact) mass is 300 g/mol. The number of halogens is 3. The number of hydrogen-bond acceptors (Lipinski definition) is 6. The fourth-order valence-corrected chi connectivity index (χ4v) is 1.96. The summed E-state index contributed by atoms with van der Waals surface area (Å²) < 4.78 is 72.1. The quantitative estimate of drug-likeness (QED) is 0.597. The van der Waals surface area contributed by atoms with Crippen LogP contribution in [0.3, 0.4) is 0 Å². The first-order valence-corrected chi connectivity index (χ1v) is 6.36. The average molecular weight is 300 g/mol. The Balaban J connectivity index is 2.47. The van der Waals surface area contributed by atoms with Gasteiger partial charge in [0.1, 0.15) is 5.76 Å². The van der Waals surface area contributed by atoms with Crippen LogP contribution in [0.25, 0.3) is 0 Å². The molecule has 1 aliphatic heterocycles. The van der Waals surface area contributed by atoms with Crippen molar-refractivity contribution in [1.29, 1.82) is 0 Å². The maximum Gasteiger partial charge on any atom is 0.534 e. The second kappa shape index (κ2) is 4.53. The van der Waals surface area contributed by atoms with Crippen molar-refractivity contribution in [2.24, 2.45) is 0 Å². The summed E-state index contributed by atoms with van der Waals surface area (Å²) in [6, 6.07) is 0.538. The Morgan fingerprint density at radius 2 is 2.00 bits per heavy atom. The molecule has 0 aliphatic carbocycles. The minimum Gasteiger partial charge on any atom is -0.427 e. The summed E-state index contributed by atoms with van der Waals surface area (Å²) in [5.74, 6) is -0.658. The fraction of sp³-hybridized carbons (Fsp3) is 0.444. The van der Waals surface area contributed by atoms with E-state index in [0.717, 1.165) is 0 Å². The van der Waals surface area contributed by atoms with E-state index in [1.54, 1.807) is 0 Å². The Bertz CT molecular complexity index is 645. The van der Waals surface area contributed by atoms with Crippen molar-refractivity contribution in [3.8, 4) is 5.75 Å². The van der Waals surface area contributed by atoms with E-state index in [9.17, 15) is 26.4 Å². The van der Waals surface area contributed by atoms with Gasteiger partial charge in [-0.3, -0.25) is 0 Å². The molecule has 0 amide bonds. The second-order valence-corrected chi connectivity index (χ2v) is 5.16. The molecule has 0 bridgehead atoms. The van der Waals surface area contributed by atoms with E-state index in [2.05, 4.69) is 4.18 Å². The molecule has 0 saturated carbocycles. The normalized spacial score (nSPS) is 15.9. The summed E-state index contributed by atoms with van der Waals surface area (Å²) in [5, 5.41) is 0. The predicted molar refractivity (Wildman–Crippen MR) is 53.9 cm³/mol. The van der Waals surface area contributed by atoms with Crippen molar-refractivity contribution < 1.29 is 34.9 Å². The van der Waals surface area contributed by atoms with Crippen molar-refractivity contribution in [3.63, 3.8) is 0 Å². The van der Waals surface area contributed by atoms with Crippen molar-refractivity contribution in [2.75, 3.05) is 6.61 Å². The van der Waals surface area contributed by atoms with Gasteiger partial charge in [0.2, 0.25) is 0 Å². The van der Waals surface area contributed by atoms with E-state index < -0.39 is 27.0 Å². The SMILES string of the molecule is O=c1cc(OS(=O)(=O)C(F)(F)F)c2c(o1)CCOC2. The van der Waals surface area contributed by atoms with Gasteiger partial charge in [0.15, 0.2) is 5.75 Å². The van der Waals surface area contributed by atoms with Gasteiger partial charge >= 0.3 is 21.3 Å². The van der Waals surface area contributed by atoms with Crippen LogP contribution in [0.4, 0.5) is 13.2 Å². The highest BCUT2D eigenvalue weighted by Crippen LogP contribution is 2.31. The van der Waals surface area contributed by atoms with Crippen molar-refractivity contribution in [3.05, 3.63) is 27.8 Å². The molecule has 2 rings (SSSR count). The molecular weight excluding hydrogens is 293 g/mol. The van der Waals surface area contributed by atoms with Crippen molar-refractivity contribution >= 4 is 10.1 Å². The highest BCUT2D eigenvalue weighted by molar-refractivity contribution is 7.88. The molecule has 19 heavy (non-hydrogen) atoms. The third kappa shape index (κ3) is 2.73. The van der Waals surface area contributed by atoms with E-state index in [1.165, 1.54) is 0 Å². The summed E-state index contributed by atoms with van der Waals surface area (Å²) >= 11 is 0. The zero-order valence-corrected chi connectivity index (χ0v) is 10.0. The van der Waals surface area contributed by atoms with Crippen LogP contribution < -0.4 is 9.81 Å². The molecule has 0 radical (unpaired) electrons. The van der Waals surface area contributed by atoms with Crippen LogP contribution in [-0.4, -0.2) is 20.5 Å². The number of fused-ring (bicyclic) bond motifs is 1. The molecule has 10 heteroatoms. The zero-order valence-electron chi connectivity index (χ0n) is 9.19. The van der Waals surface area contributed by atoms with Gasteiger partial charge in [-0.25, -0.2) is 4.79 Å². The van der Waals surface area contributed by atoms with Gasteiger partial charge in [0.25, 0.3) is 0 Å². The average Bonchev–Trinajstić information content (AvgIpc) is 2.26. The maximum absolute atomic E-state index is 12.2. The minimum atomic E-state index is -5.84. The molecule has 0 spiro atoms. The van der Waals surface area contributed by atoms with E-state index >= 15 is 0 Å². The first-order valence-electron chi connectivity index (χ1n) is 4.95. The molecule has 0 unspecified atom stereocenters. The summed E-state index contributed by atoms with van der Waals surface area (Å²) in [4.78, 5) is 11.1. The lowest BCUT2D eigenvalue weighted by molar-refractivity contribution is -0.0501. The molecule has 6 nitrogen and oxygen atoms in total. The number of alkyl halides is 3. The third-order valence-corrected chi connectivity index (χ3v) is 3.28. The standard InChI is InChI=1S/C9H7F3O6S/c10-9(11,12)19(14,15)18-7-3-8(13)17-6-1-2-16-4-5(6)7/h3H,1-2,4H2. The largest absolute Gasteiger partial charge is 0.534 e. The van der Waals surface area contributed by atoms with E-state index in [-0.39, 0.29) is 31.0 Å². The first kappa shape index (κ1) is 13.9. The molecule has 1 aliphatic rings. The lowest BCUT2D eigenvalue weighted by atomic mass is 10.1. The zero-order chi connectivity index (χ0) is 14.3. The summed E-state index contributed by atoms with van der Waals surface area (Å²) in [7, 11) is -5.84. The number of hydrogen-bond donors (Lipinski definition) is 0. The smallest absolute Gasteiger partial charge is 0.427 e. The van der Waals surface area contributed by atoms with Gasteiger partial charge in [0.05, 0.1) is 24.8 Å². The summed E-state index contributed by atoms with van der Waals surface area (Å²) in [5.41, 5.74) is -6.59. The van der Waals surface area contributed by atoms with E-state index in [1.807, 2.05) is 0 Å². The molecule has 0 fully saturated rings. The molecule has 0 atom stereocenters. The summed E-state index contributed by atoms with van der Waals surface area (Å²) in [6.45, 7) is 0.0211. The molecule has 0 aromatic carbocycles. The van der Waals surface area contributed by atoms with Gasteiger partial charge < -0.3 is 13.3 Å². The van der Waals surface area contributed by atoms with Crippen LogP contribution in [0.2, 0.25) is 0 Å². The van der Waals surface area contributed by atoms with Crippen LogP contribution in [0.15, 0.2) is 15.3 Å². The van der Waals surface area contributed by atoms with Crippen LogP contribution in [0.1, 0.15) is 11.3 Å².